The van der Waals surface area contributed by atoms with Gasteiger partial charge in [0.1, 0.15) is 0 Å². The molecule has 2 aromatic rings. The van der Waals surface area contributed by atoms with Crippen molar-refractivity contribution < 1.29 is 14.3 Å². The minimum atomic E-state index is -0.516. The molecule has 0 unspecified atom stereocenters. The Morgan fingerprint density at radius 2 is 2.00 bits per heavy atom. The van der Waals surface area contributed by atoms with Gasteiger partial charge in [-0.05, 0) is 41.8 Å². The number of thiophene rings is 1. The highest BCUT2D eigenvalue weighted by Crippen LogP contribution is 2.17. The van der Waals surface area contributed by atoms with Gasteiger partial charge in [-0.1, -0.05) is 24.3 Å². The van der Waals surface area contributed by atoms with Crippen molar-refractivity contribution in [2.24, 2.45) is 0 Å². The predicted octanol–water partition coefficient (Wildman–Crippen LogP) is 3.60. The Kier molecular flexibility index (Phi) is 8.13. The van der Waals surface area contributed by atoms with E-state index >= 15 is 0 Å². The molecule has 0 atom stereocenters. The molecule has 2 rings (SSSR count). The van der Waals surface area contributed by atoms with Crippen molar-refractivity contribution in [2.75, 3.05) is 18.9 Å². The summed E-state index contributed by atoms with van der Waals surface area (Å²) in [5.41, 5.74) is 0. The van der Waals surface area contributed by atoms with E-state index < -0.39 is 5.97 Å². The lowest BCUT2D eigenvalue weighted by Gasteiger charge is -2.05. The molecule has 1 heterocycles. The van der Waals surface area contributed by atoms with E-state index in [-0.39, 0.29) is 12.5 Å². The monoisotopic (exact) mass is 361 g/mol. The van der Waals surface area contributed by atoms with Gasteiger partial charge in [0.25, 0.3) is 5.91 Å². The van der Waals surface area contributed by atoms with Crippen molar-refractivity contribution in [3.05, 3.63) is 58.8 Å². The molecule has 0 radical (unpaired) electrons. The van der Waals surface area contributed by atoms with Crippen LogP contribution in [-0.4, -0.2) is 30.8 Å². The number of esters is 1. The molecule has 0 aliphatic rings. The van der Waals surface area contributed by atoms with Crippen LogP contribution in [0.25, 0.3) is 6.08 Å². The highest BCUT2D eigenvalue weighted by atomic mass is 32.2. The molecule has 6 heteroatoms. The summed E-state index contributed by atoms with van der Waals surface area (Å²) in [4.78, 5) is 25.3. The van der Waals surface area contributed by atoms with Gasteiger partial charge in [-0.15, -0.1) is 23.1 Å². The second-order valence-electron chi connectivity index (χ2n) is 4.82. The predicted molar refractivity (Wildman–Crippen MR) is 99.1 cm³/mol. The largest absolute Gasteiger partial charge is 0.452 e. The molecule has 1 aromatic heterocycles. The van der Waals surface area contributed by atoms with E-state index in [9.17, 15) is 9.59 Å². The first kappa shape index (κ1) is 18.3. The Bertz CT molecular complexity index is 654. The van der Waals surface area contributed by atoms with Gasteiger partial charge in [0, 0.05) is 22.4 Å². The second kappa shape index (κ2) is 10.7. The lowest BCUT2D eigenvalue weighted by atomic mass is 10.4. The number of carbonyl (C=O) groups is 2. The van der Waals surface area contributed by atoms with Crippen molar-refractivity contribution in [2.45, 2.75) is 11.3 Å². The fraction of sp³-hybridized carbons (Fsp3) is 0.222. The second-order valence-corrected chi connectivity index (χ2v) is 6.97. The first-order chi connectivity index (χ1) is 11.7. The smallest absolute Gasteiger partial charge is 0.331 e. The van der Waals surface area contributed by atoms with Crippen LogP contribution in [-0.2, 0) is 14.3 Å². The van der Waals surface area contributed by atoms with Crippen molar-refractivity contribution in [1.29, 1.82) is 0 Å². The zero-order chi connectivity index (χ0) is 17.0. The SMILES string of the molecule is O=C(COC(=O)/C=C/c1cccs1)NCCCSc1ccccc1. The molecule has 0 bridgehead atoms. The maximum atomic E-state index is 11.6. The van der Waals surface area contributed by atoms with E-state index in [2.05, 4.69) is 17.4 Å². The summed E-state index contributed by atoms with van der Waals surface area (Å²) >= 11 is 3.28. The van der Waals surface area contributed by atoms with E-state index in [0.717, 1.165) is 17.1 Å². The zero-order valence-electron chi connectivity index (χ0n) is 13.1. The lowest BCUT2D eigenvalue weighted by Crippen LogP contribution is -2.29. The molecule has 0 saturated heterocycles. The van der Waals surface area contributed by atoms with Gasteiger partial charge in [0.2, 0.25) is 0 Å². The van der Waals surface area contributed by atoms with Gasteiger partial charge in [0.15, 0.2) is 6.61 Å². The highest BCUT2D eigenvalue weighted by Gasteiger charge is 2.04. The van der Waals surface area contributed by atoms with Crippen molar-refractivity contribution in [3.8, 4) is 0 Å². The Balaban J connectivity index is 1.52. The molecule has 1 aromatic carbocycles. The van der Waals surface area contributed by atoms with Crippen molar-refractivity contribution in [1.82, 2.24) is 5.32 Å². The molecule has 0 saturated carbocycles. The zero-order valence-corrected chi connectivity index (χ0v) is 14.8. The summed E-state index contributed by atoms with van der Waals surface area (Å²) in [5.74, 6) is 0.129. The molecular weight excluding hydrogens is 342 g/mol. The van der Waals surface area contributed by atoms with Crippen LogP contribution in [0.5, 0.6) is 0 Å². The Hall–Kier alpha value is -2.05. The van der Waals surface area contributed by atoms with Crippen molar-refractivity contribution >= 4 is 41.1 Å². The molecule has 1 amide bonds. The Morgan fingerprint density at radius 1 is 1.17 bits per heavy atom. The minimum Gasteiger partial charge on any atom is -0.452 e. The van der Waals surface area contributed by atoms with E-state index in [4.69, 9.17) is 4.74 Å². The molecule has 1 N–H and O–H groups in total. The van der Waals surface area contributed by atoms with Gasteiger partial charge in [-0.25, -0.2) is 4.79 Å². The third-order valence-corrected chi connectivity index (χ3v) is 4.86. The number of rotatable bonds is 9. The van der Waals surface area contributed by atoms with Crippen LogP contribution in [0.2, 0.25) is 0 Å². The van der Waals surface area contributed by atoms with E-state index in [1.165, 1.54) is 22.3 Å². The summed E-state index contributed by atoms with van der Waals surface area (Å²) < 4.78 is 4.89. The van der Waals surface area contributed by atoms with Crippen LogP contribution in [0.1, 0.15) is 11.3 Å². The third kappa shape index (κ3) is 7.48. The summed E-state index contributed by atoms with van der Waals surface area (Å²) in [6, 6.07) is 13.9. The van der Waals surface area contributed by atoms with Gasteiger partial charge in [0.05, 0.1) is 0 Å². The molecule has 0 fully saturated rings. The number of nitrogens with one attached hydrogen (secondary N) is 1. The Morgan fingerprint density at radius 3 is 2.75 bits per heavy atom. The molecule has 0 spiro atoms. The fourth-order valence-electron chi connectivity index (χ4n) is 1.78. The molecule has 0 aliphatic heterocycles. The van der Waals surface area contributed by atoms with Crippen LogP contribution in [0, 0.1) is 0 Å². The van der Waals surface area contributed by atoms with Crippen LogP contribution in [0.4, 0.5) is 0 Å². The normalized spacial score (nSPS) is 10.7. The van der Waals surface area contributed by atoms with Crippen LogP contribution >= 0.6 is 23.1 Å². The third-order valence-electron chi connectivity index (χ3n) is 2.93. The van der Waals surface area contributed by atoms with Gasteiger partial charge in [-0.3, -0.25) is 4.79 Å². The van der Waals surface area contributed by atoms with Crippen molar-refractivity contribution in [3.63, 3.8) is 0 Å². The average molecular weight is 361 g/mol. The van der Waals surface area contributed by atoms with Crippen LogP contribution in [0.3, 0.4) is 0 Å². The van der Waals surface area contributed by atoms with Gasteiger partial charge in [-0.2, -0.15) is 0 Å². The number of hydrogen-bond donors (Lipinski definition) is 1. The van der Waals surface area contributed by atoms with Gasteiger partial charge >= 0.3 is 5.97 Å². The summed E-state index contributed by atoms with van der Waals surface area (Å²) in [6.07, 6.45) is 3.86. The molecule has 24 heavy (non-hydrogen) atoms. The number of amides is 1. The maximum Gasteiger partial charge on any atom is 0.331 e. The summed E-state index contributed by atoms with van der Waals surface area (Å²) in [7, 11) is 0. The quantitative estimate of drug-likeness (QED) is 0.321. The number of benzene rings is 1. The number of ether oxygens (including phenoxy) is 1. The van der Waals surface area contributed by atoms with E-state index in [0.29, 0.717) is 6.54 Å². The molecule has 0 aliphatic carbocycles. The highest BCUT2D eigenvalue weighted by molar-refractivity contribution is 7.99. The fourth-order valence-corrected chi connectivity index (χ4v) is 3.27. The van der Waals surface area contributed by atoms with Crippen LogP contribution in [0.15, 0.2) is 58.8 Å². The summed E-state index contributed by atoms with van der Waals surface area (Å²) in [6.45, 7) is 0.320. The van der Waals surface area contributed by atoms with E-state index in [1.54, 1.807) is 17.8 Å². The van der Waals surface area contributed by atoms with E-state index in [1.807, 2.05) is 35.7 Å². The molecule has 126 valence electrons. The van der Waals surface area contributed by atoms with Crippen LogP contribution < -0.4 is 5.32 Å². The molecular formula is C18H19NO3S2. The maximum absolute atomic E-state index is 11.6. The minimum absolute atomic E-state index is 0.251. The first-order valence-electron chi connectivity index (χ1n) is 7.57. The lowest BCUT2D eigenvalue weighted by molar-refractivity contribution is -0.143. The number of thioether (sulfide) groups is 1. The standard InChI is InChI=1S/C18H19NO3S2/c20-17(14-22-18(21)10-9-16-8-4-12-23-16)19-11-5-13-24-15-6-2-1-3-7-15/h1-4,6-10,12H,5,11,13-14H2,(H,19,20)/b10-9+. The number of hydrogen-bond acceptors (Lipinski definition) is 5. The Labute approximate surface area is 149 Å². The number of carbonyl (C=O) groups excluding carboxylic acids is 2. The topological polar surface area (TPSA) is 55.4 Å². The first-order valence-corrected chi connectivity index (χ1v) is 9.43. The summed E-state index contributed by atoms with van der Waals surface area (Å²) in [5, 5.41) is 4.67. The van der Waals surface area contributed by atoms with Gasteiger partial charge < -0.3 is 10.1 Å². The average Bonchev–Trinajstić information content (AvgIpc) is 3.12. The molecule has 4 nitrogen and oxygen atoms in total.